The van der Waals surface area contributed by atoms with Crippen molar-refractivity contribution in [3.05, 3.63) is 290 Å². The zero-order valence-electron chi connectivity index (χ0n) is 62.3. The minimum Gasteiger partial charge on any atom is -0.500 e. The number of fused-ring (bicyclic) bond motifs is 1. The average molecular weight is 1400 g/mol. The van der Waals surface area contributed by atoms with E-state index in [1.54, 1.807) is 68.5 Å². The van der Waals surface area contributed by atoms with Crippen LogP contribution >= 0.6 is 0 Å². The molecule has 12 radical (unpaired) electrons. The van der Waals surface area contributed by atoms with Crippen LogP contribution in [0.4, 0.5) is 22.0 Å². The fraction of sp³-hybridized carbons (Fsp3) is 0.291. The van der Waals surface area contributed by atoms with Crippen LogP contribution in [0, 0.1) is 29.1 Å². The van der Waals surface area contributed by atoms with Gasteiger partial charge in [0.05, 0.1) is 32.5 Å². The first-order valence-corrected chi connectivity index (χ1v) is 35.6. The molecule has 0 aliphatic rings. The Kier molecular flexibility index (Phi) is 46.5. The maximum absolute atomic E-state index is 12.9. The topological polar surface area (TPSA) is 48.6 Å². The van der Waals surface area contributed by atoms with E-state index in [1.807, 2.05) is 162 Å². The molecule has 8 aromatic carbocycles. The van der Waals surface area contributed by atoms with Crippen molar-refractivity contribution < 1.29 is 54.9 Å². The third-order valence-corrected chi connectivity index (χ3v) is 15.7. The highest BCUT2D eigenvalue weighted by atomic mass is 19.1. The smallest absolute Gasteiger partial charge is 0.264 e. The van der Waals surface area contributed by atoms with Crippen LogP contribution in [0.5, 0.6) is 17.2 Å². The number of aryl methyl sites for hydroxylation is 2. The van der Waals surface area contributed by atoms with Gasteiger partial charge < -0.3 is 36.0 Å². The molecule has 544 valence electrons. The van der Waals surface area contributed by atoms with Crippen LogP contribution in [-0.2, 0) is 19.4 Å². The molecule has 0 atom stereocenters. The predicted molar refractivity (Wildman–Crippen MR) is 433 cm³/mol. The van der Waals surface area contributed by atoms with Crippen LogP contribution in [0.2, 0.25) is 33.6 Å². The summed E-state index contributed by atoms with van der Waals surface area (Å²) in [6.45, 7) is 19.1. The van der Waals surface area contributed by atoms with Crippen molar-refractivity contribution in [2.75, 3.05) is 27.9 Å². The number of hydrogen-bond acceptors (Lipinski definition) is 4. The Morgan fingerprint density at radius 2 is 0.817 bits per heavy atom. The van der Waals surface area contributed by atoms with E-state index in [1.165, 1.54) is 122 Å². The third kappa shape index (κ3) is 36.7. The maximum atomic E-state index is 12.9. The molecule has 0 N–H and O–H groups in total. The van der Waals surface area contributed by atoms with Crippen molar-refractivity contribution in [3.8, 4) is 28.4 Å². The van der Waals surface area contributed by atoms with E-state index in [-0.39, 0.29) is 36.5 Å². The summed E-state index contributed by atoms with van der Waals surface area (Å²) in [5.74, 6) is 1.43. The zero-order valence-corrected chi connectivity index (χ0v) is 62.3. The molecule has 0 amide bonds. The molecule has 0 spiro atoms. The standard InChI is InChI=1S/C18H26N2.C13H11BF.C12H17BF.C11H12NO.C9H12BO2.C8H9BFO.2C7H7BF.CH4/c1-3-5-11-19-13-7-17(8-14-19)18-9-15-20(16-10-18)12-6-4-2;15-13-8-4-7-12(9-13)14-10-11-5-2-1-3-6-11;1-2-3-4-5-9-13-11-7-6-8-12(14)10-11;1-2-13-12-9-5-7-10-6-3-4-8-11(10)12;1-10-7-4-8(11-2)6-9(5-7)12-3;1-9-7-5-6(10)3-4-8(7)11-2;2*1-8-6-3-2-4-7(9)5-6;/h7-10,13-16H,3-6,11-12H2,1-2H3;1-9H,10H2;6-8,10H,2-5,9H2,1H3;3-9H,2H2,1H3;4-6H,1-3H3;3-5H,1-2H3;2*2-5H,1H3;1H4/q+2;2*-1;+1;4*-1;. The number of aromatic nitrogens is 3. The molecule has 0 aliphatic heterocycles. The van der Waals surface area contributed by atoms with Gasteiger partial charge in [-0.05, 0) is 66.6 Å². The molecule has 0 unspecified atom stereocenters. The summed E-state index contributed by atoms with van der Waals surface area (Å²) in [5.41, 5.74) is 10.6. The minimum atomic E-state index is -0.237. The van der Waals surface area contributed by atoms with Crippen molar-refractivity contribution in [3.63, 3.8) is 0 Å². The van der Waals surface area contributed by atoms with Gasteiger partial charge in [0.1, 0.15) is 53.7 Å². The van der Waals surface area contributed by atoms with Gasteiger partial charge in [-0.3, -0.25) is 54.0 Å². The van der Waals surface area contributed by atoms with Gasteiger partial charge in [-0.25, -0.2) is 76.5 Å². The molecule has 7 nitrogen and oxygen atoms in total. The number of hydrogen-bond donors (Lipinski definition) is 0. The number of ether oxygens (including phenoxy) is 3. The monoisotopic (exact) mass is 1400 g/mol. The van der Waals surface area contributed by atoms with E-state index in [4.69, 9.17) is 19.0 Å². The van der Waals surface area contributed by atoms with Crippen LogP contribution < -0.4 is 65.7 Å². The minimum absolute atomic E-state index is 0. The lowest BCUT2D eigenvalue weighted by Gasteiger charge is -2.15. The Bertz CT molecular complexity index is 3900. The molecule has 0 saturated carbocycles. The molecular weight excluding hydrogens is 1300 g/mol. The Morgan fingerprint density at radius 1 is 0.365 bits per heavy atom. The van der Waals surface area contributed by atoms with Crippen molar-refractivity contribution in [1.82, 2.24) is 0 Å². The summed E-state index contributed by atoms with van der Waals surface area (Å²) < 4.78 is 84.4. The van der Waals surface area contributed by atoms with E-state index in [9.17, 15) is 22.0 Å². The van der Waals surface area contributed by atoms with Crippen molar-refractivity contribution >= 4 is 87.4 Å². The first kappa shape index (κ1) is 88.9. The van der Waals surface area contributed by atoms with Gasteiger partial charge in [0.2, 0.25) is 6.20 Å². The second kappa shape index (κ2) is 54.4. The van der Waals surface area contributed by atoms with Gasteiger partial charge in [0.15, 0.2) is 31.4 Å². The Hall–Kier alpha value is -9.29. The highest BCUT2D eigenvalue weighted by molar-refractivity contribution is 6.54. The molecule has 0 bridgehead atoms. The quantitative estimate of drug-likeness (QED) is 0.0248. The van der Waals surface area contributed by atoms with Gasteiger partial charge in [-0.1, -0.05) is 181 Å². The number of para-hydroxylation sites is 1. The van der Waals surface area contributed by atoms with Gasteiger partial charge in [-0.15, -0.1) is 24.3 Å². The maximum Gasteiger partial charge on any atom is 0.264 e. The molecule has 104 heavy (non-hydrogen) atoms. The fourth-order valence-corrected chi connectivity index (χ4v) is 9.92. The van der Waals surface area contributed by atoms with Gasteiger partial charge in [-0.2, -0.15) is 0 Å². The van der Waals surface area contributed by atoms with Crippen LogP contribution in [0.25, 0.3) is 22.0 Å². The lowest BCUT2D eigenvalue weighted by Crippen LogP contribution is -2.42. The van der Waals surface area contributed by atoms with Gasteiger partial charge >= 0.3 is 0 Å². The number of halogens is 5. The van der Waals surface area contributed by atoms with Crippen molar-refractivity contribution in [2.45, 2.75) is 140 Å². The number of pyridine rings is 3. The van der Waals surface area contributed by atoms with E-state index in [0.717, 1.165) is 75.5 Å². The molecule has 0 saturated heterocycles. The summed E-state index contributed by atoms with van der Waals surface area (Å²) in [6.07, 6.45) is 22.6. The molecule has 3 heterocycles. The van der Waals surface area contributed by atoms with Crippen LogP contribution in [-0.4, -0.2) is 71.6 Å². The zero-order chi connectivity index (χ0) is 74.7. The number of unbranched alkanes of at least 4 members (excludes halogenated alkanes) is 5. The average Bonchev–Trinajstić information content (AvgIpc) is 0.842. The van der Waals surface area contributed by atoms with Crippen LogP contribution in [0.1, 0.15) is 92.1 Å². The van der Waals surface area contributed by atoms with Gasteiger partial charge in [0, 0.05) is 60.0 Å². The number of nitrogens with zero attached hydrogens (tertiary/aromatic N) is 3. The molecule has 11 aromatic rings. The summed E-state index contributed by atoms with van der Waals surface area (Å²) >= 11 is 0. The first-order valence-electron chi connectivity index (χ1n) is 35.6. The van der Waals surface area contributed by atoms with E-state index < -0.39 is 0 Å². The SMILES string of the molecule is C.CCCCCC[B-]c1cccc(F)c1.CCCC[n+]1ccc(-c2cc[n+](CCCC)cc2)cc1.CCO[n+]1cccc2ccccc21.C[B-]c1cc(F)ccc1OC.C[B-]c1cc(OC)cc(OC)c1.C[B-]c1cccc(F)c1.C[B-]c1cccc(F)c1.Fc1cccc([B-]Cc2ccccc2)c1. The highest BCUT2D eigenvalue weighted by Crippen LogP contribution is 2.18. The Labute approximate surface area is 624 Å². The summed E-state index contributed by atoms with van der Waals surface area (Å²) in [7, 11) is 16.5. The molecule has 18 heteroatoms. The van der Waals surface area contributed by atoms with E-state index in [2.05, 4.69) is 111 Å². The molecule has 0 fully saturated rings. The van der Waals surface area contributed by atoms with E-state index >= 15 is 0 Å². The summed E-state index contributed by atoms with van der Waals surface area (Å²) in [4.78, 5) is 5.44. The highest BCUT2D eigenvalue weighted by Gasteiger charge is 2.08. The normalized spacial score (nSPS) is 10.0. The van der Waals surface area contributed by atoms with E-state index in [0.29, 0.717) is 12.4 Å². The molecule has 3 aromatic heterocycles. The molecule has 11 rings (SSSR count). The lowest BCUT2D eigenvalue weighted by atomic mass is 9.65. The Morgan fingerprint density at radius 3 is 1.26 bits per heavy atom. The first-order chi connectivity index (χ1) is 50.1. The van der Waals surface area contributed by atoms with Crippen molar-refractivity contribution in [1.29, 1.82) is 0 Å². The largest absolute Gasteiger partial charge is 0.500 e. The fourth-order valence-electron chi connectivity index (χ4n) is 9.92. The number of rotatable bonds is 25. The second-order valence-corrected chi connectivity index (χ2v) is 23.5. The Balaban J connectivity index is 0.000000312. The lowest BCUT2D eigenvalue weighted by molar-refractivity contribution is -0.870. The third-order valence-electron chi connectivity index (χ3n) is 15.7. The number of methoxy groups -OCH3 is 3. The predicted octanol–water partition coefficient (Wildman–Crippen LogP) is 15.9. The second-order valence-electron chi connectivity index (χ2n) is 23.5. The number of benzene rings is 8. The van der Waals surface area contributed by atoms with Crippen LogP contribution in [0.15, 0.2) is 255 Å². The van der Waals surface area contributed by atoms with Gasteiger partial charge in [0.25, 0.3) is 5.52 Å². The summed E-state index contributed by atoms with van der Waals surface area (Å²) in [6, 6.07) is 67.8. The van der Waals surface area contributed by atoms with Crippen molar-refractivity contribution in [2.24, 2.45) is 0 Å². The molecular formula is C86H105B6F5N3O4-3. The van der Waals surface area contributed by atoms with Crippen LogP contribution in [0.3, 0.4) is 0 Å². The summed E-state index contributed by atoms with van der Waals surface area (Å²) in [5, 5.41) is 1.19. The molecule has 0 aliphatic carbocycles.